The maximum absolute atomic E-state index is 12.2. The van der Waals surface area contributed by atoms with Crippen LogP contribution >= 0.6 is 0 Å². The van der Waals surface area contributed by atoms with Crippen molar-refractivity contribution in [2.24, 2.45) is 11.7 Å². The first-order valence-electron chi connectivity index (χ1n) is 7.43. The predicted octanol–water partition coefficient (Wildman–Crippen LogP) is 2.17. The molecule has 1 aliphatic carbocycles. The molecule has 20 heavy (non-hydrogen) atoms. The topological polar surface area (TPSA) is 55.6 Å². The third-order valence-electron chi connectivity index (χ3n) is 3.57. The van der Waals surface area contributed by atoms with Crippen LogP contribution in [0.1, 0.15) is 31.7 Å². The van der Waals surface area contributed by atoms with E-state index in [-0.39, 0.29) is 12.5 Å². The van der Waals surface area contributed by atoms with E-state index in [9.17, 15) is 4.79 Å². The number of rotatable bonds is 8. The van der Waals surface area contributed by atoms with Crippen LogP contribution in [0, 0.1) is 5.92 Å². The Morgan fingerprint density at radius 1 is 1.40 bits per heavy atom. The monoisotopic (exact) mass is 276 g/mol. The normalized spacial score (nSPS) is 14.1. The Morgan fingerprint density at radius 3 is 2.80 bits per heavy atom. The molecule has 0 saturated heterocycles. The molecule has 4 heteroatoms. The summed E-state index contributed by atoms with van der Waals surface area (Å²) in [6.07, 6.45) is 3.49. The highest BCUT2D eigenvalue weighted by Gasteiger charge is 2.26. The lowest BCUT2D eigenvalue weighted by Gasteiger charge is -2.22. The molecule has 1 aliphatic rings. The van der Waals surface area contributed by atoms with Gasteiger partial charge in [-0.15, -0.1) is 0 Å². The molecule has 2 rings (SSSR count). The quantitative estimate of drug-likeness (QED) is 0.791. The molecule has 0 radical (unpaired) electrons. The predicted molar refractivity (Wildman–Crippen MR) is 79.4 cm³/mol. The number of nitrogens with zero attached hydrogens (tertiary/aromatic N) is 1. The van der Waals surface area contributed by atoms with Crippen LogP contribution in [0.25, 0.3) is 0 Å². The van der Waals surface area contributed by atoms with Gasteiger partial charge in [0, 0.05) is 25.2 Å². The Bertz CT molecular complexity index is 444. The molecule has 2 N–H and O–H groups in total. The molecule has 1 amide bonds. The maximum atomic E-state index is 12.2. The number of carbonyl (C=O) groups is 1. The Hall–Kier alpha value is -1.55. The Morgan fingerprint density at radius 2 is 2.15 bits per heavy atom. The van der Waals surface area contributed by atoms with E-state index in [1.807, 2.05) is 29.2 Å². The van der Waals surface area contributed by atoms with Crippen LogP contribution in [0.4, 0.5) is 0 Å². The zero-order chi connectivity index (χ0) is 14.4. The summed E-state index contributed by atoms with van der Waals surface area (Å²) in [6, 6.07) is 7.61. The molecule has 4 nitrogen and oxygen atoms in total. The lowest BCUT2D eigenvalue weighted by molar-refractivity contribution is -0.133. The van der Waals surface area contributed by atoms with Crippen molar-refractivity contribution in [1.29, 1.82) is 0 Å². The van der Waals surface area contributed by atoms with Gasteiger partial charge >= 0.3 is 0 Å². The van der Waals surface area contributed by atoms with E-state index in [1.165, 1.54) is 12.8 Å². The van der Waals surface area contributed by atoms with Gasteiger partial charge in [-0.25, -0.2) is 0 Å². The Balaban J connectivity index is 1.88. The second kappa shape index (κ2) is 7.29. The SMILES string of the molecule is CCCN(CC1CC1)C(=O)COc1ccccc1CN. The van der Waals surface area contributed by atoms with Gasteiger partial charge in [-0.05, 0) is 31.2 Å². The lowest BCUT2D eigenvalue weighted by Crippen LogP contribution is -2.37. The Kier molecular flexibility index (Phi) is 5.41. The van der Waals surface area contributed by atoms with E-state index in [0.717, 1.165) is 25.1 Å². The molecule has 1 aromatic carbocycles. The van der Waals surface area contributed by atoms with E-state index < -0.39 is 0 Å². The highest BCUT2D eigenvalue weighted by Crippen LogP contribution is 2.29. The third kappa shape index (κ3) is 4.23. The Labute approximate surface area is 120 Å². The van der Waals surface area contributed by atoms with Crippen LogP contribution in [-0.2, 0) is 11.3 Å². The summed E-state index contributed by atoms with van der Waals surface area (Å²) < 4.78 is 5.65. The fraction of sp³-hybridized carbons (Fsp3) is 0.562. The van der Waals surface area contributed by atoms with Crippen LogP contribution in [0.3, 0.4) is 0 Å². The molecule has 0 aromatic heterocycles. The average Bonchev–Trinajstić information content (AvgIpc) is 3.28. The zero-order valence-electron chi connectivity index (χ0n) is 12.2. The fourth-order valence-corrected chi connectivity index (χ4v) is 2.24. The summed E-state index contributed by atoms with van der Waals surface area (Å²) in [7, 11) is 0. The number of para-hydroxylation sites is 1. The zero-order valence-corrected chi connectivity index (χ0v) is 12.2. The number of benzene rings is 1. The smallest absolute Gasteiger partial charge is 0.260 e. The van der Waals surface area contributed by atoms with Crippen molar-refractivity contribution in [3.05, 3.63) is 29.8 Å². The van der Waals surface area contributed by atoms with Crippen molar-refractivity contribution < 1.29 is 9.53 Å². The van der Waals surface area contributed by atoms with Gasteiger partial charge in [-0.3, -0.25) is 4.79 Å². The lowest BCUT2D eigenvalue weighted by atomic mass is 10.2. The summed E-state index contributed by atoms with van der Waals surface area (Å²) in [5.41, 5.74) is 6.60. The molecule has 110 valence electrons. The minimum atomic E-state index is 0.0746. The highest BCUT2D eigenvalue weighted by atomic mass is 16.5. The summed E-state index contributed by atoms with van der Waals surface area (Å²) in [5.74, 6) is 1.50. The first-order chi connectivity index (χ1) is 9.74. The summed E-state index contributed by atoms with van der Waals surface area (Å²) >= 11 is 0. The molecule has 0 spiro atoms. The van der Waals surface area contributed by atoms with Crippen LogP contribution in [0.15, 0.2) is 24.3 Å². The molecule has 0 aliphatic heterocycles. The largest absolute Gasteiger partial charge is 0.483 e. The number of nitrogens with two attached hydrogens (primary N) is 1. The van der Waals surface area contributed by atoms with Gasteiger partial charge in [-0.1, -0.05) is 25.1 Å². The van der Waals surface area contributed by atoms with Crippen molar-refractivity contribution in [2.45, 2.75) is 32.7 Å². The molecule has 0 heterocycles. The number of hydrogen-bond acceptors (Lipinski definition) is 3. The van der Waals surface area contributed by atoms with E-state index in [2.05, 4.69) is 6.92 Å². The van der Waals surface area contributed by atoms with Gasteiger partial charge in [0.1, 0.15) is 5.75 Å². The van der Waals surface area contributed by atoms with Crippen molar-refractivity contribution in [1.82, 2.24) is 4.90 Å². The number of ether oxygens (including phenoxy) is 1. The van der Waals surface area contributed by atoms with Gasteiger partial charge in [0.05, 0.1) is 0 Å². The van der Waals surface area contributed by atoms with E-state index >= 15 is 0 Å². The first kappa shape index (κ1) is 14.9. The van der Waals surface area contributed by atoms with Crippen LogP contribution in [0.5, 0.6) is 5.75 Å². The minimum absolute atomic E-state index is 0.0746. The molecule has 0 unspecified atom stereocenters. The first-order valence-corrected chi connectivity index (χ1v) is 7.43. The van der Waals surface area contributed by atoms with Gasteiger partial charge in [-0.2, -0.15) is 0 Å². The number of carbonyl (C=O) groups excluding carboxylic acids is 1. The van der Waals surface area contributed by atoms with Gasteiger partial charge in [0.2, 0.25) is 0 Å². The number of hydrogen-bond donors (Lipinski definition) is 1. The maximum Gasteiger partial charge on any atom is 0.260 e. The van der Waals surface area contributed by atoms with Crippen LogP contribution in [-0.4, -0.2) is 30.5 Å². The molecule has 1 saturated carbocycles. The fourth-order valence-electron chi connectivity index (χ4n) is 2.24. The van der Waals surface area contributed by atoms with E-state index in [4.69, 9.17) is 10.5 Å². The van der Waals surface area contributed by atoms with Crippen molar-refractivity contribution >= 4 is 5.91 Å². The van der Waals surface area contributed by atoms with Crippen LogP contribution in [0.2, 0.25) is 0 Å². The summed E-state index contributed by atoms with van der Waals surface area (Å²) in [5, 5.41) is 0. The standard InChI is InChI=1S/C16H24N2O2/c1-2-9-18(11-13-7-8-13)16(19)12-20-15-6-4-3-5-14(15)10-17/h3-6,13H,2,7-12,17H2,1H3. The molecular weight excluding hydrogens is 252 g/mol. The van der Waals surface area contributed by atoms with Crippen molar-refractivity contribution in [3.8, 4) is 5.75 Å². The third-order valence-corrected chi connectivity index (χ3v) is 3.57. The molecule has 1 aromatic rings. The van der Waals surface area contributed by atoms with E-state index in [0.29, 0.717) is 18.2 Å². The second-order valence-electron chi connectivity index (χ2n) is 5.38. The van der Waals surface area contributed by atoms with Crippen molar-refractivity contribution in [2.75, 3.05) is 19.7 Å². The molecule has 0 bridgehead atoms. The van der Waals surface area contributed by atoms with Crippen LogP contribution < -0.4 is 10.5 Å². The van der Waals surface area contributed by atoms with Gasteiger partial charge in [0.15, 0.2) is 6.61 Å². The minimum Gasteiger partial charge on any atom is -0.483 e. The van der Waals surface area contributed by atoms with E-state index in [1.54, 1.807) is 0 Å². The highest BCUT2D eigenvalue weighted by molar-refractivity contribution is 5.77. The number of amides is 1. The van der Waals surface area contributed by atoms with Gasteiger partial charge < -0.3 is 15.4 Å². The molecular formula is C16H24N2O2. The second-order valence-corrected chi connectivity index (χ2v) is 5.38. The molecule has 1 fully saturated rings. The van der Waals surface area contributed by atoms with Crippen molar-refractivity contribution in [3.63, 3.8) is 0 Å². The average molecular weight is 276 g/mol. The van der Waals surface area contributed by atoms with Gasteiger partial charge in [0.25, 0.3) is 5.91 Å². The summed E-state index contributed by atoms with van der Waals surface area (Å²) in [4.78, 5) is 14.2. The molecule has 0 atom stereocenters. The summed E-state index contributed by atoms with van der Waals surface area (Å²) in [6.45, 7) is 4.32.